The lowest BCUT2D eigenvalue weighted by Gasteiger charge is -2.36. The highest BCUT2D eigenvalue weighted by Gasteiger charge is 2.37. The number of hydrogen-bond acceptors (Lipinski definition) is 1. The fraction of sp³-hybridized carbons (Fsp3) is 1.00. The van der Waals surface area contributed by atoms with Gasteiger partial charge in [-0.2, -0.15) is 0 Å². The minimum absolute atomic E-state index is 0.423. The molecule has 1 rings (SSSR count). The molecule has 0 spiro atoms. The van der Waals surface area contributed by atoms with Gasteiger partial charge in [-0.05, 0) is 30.6 Å². The van der Waals surface area contributed by atoms with E-state index in [-0.39, 0.29) is 0 Å². The van der Waals surface area contributed by atoms with Crippen LogP contribution in [-0.4, -0.2) is 24.4 Å². The maximum Gasteiger partial charge on any atom is 0.0468 e. The molecule has 0 heterocycles. The van der Waals surface area contributed by atoms with E-state index in [4.69, 9.17) is 4.74 Å². The first kappa shape index (κ1) is 13.0. The topological polar surface area (TPSA) is 9.23 Å². The summed E-state index contributed by atoms with van der Waals surface area (Å²) in [4.78, 5) is 0. The van der Waals surface area contributed by atoms with Gasteiger partial charge in [0.15, 0.2) is 0 Å². The van der Waals surface area contributed by atoms with Gasteiger partial charge in [0.05, 0.1) is 0 Å². The van der Waals surface area contributed by atoms with Crippen LogP contribution in [0.1, 0.15) is 32.1 Å². The van der Waals surface area contributed by atoms with Crippen molar-refractivity contribution < 1.29 is 4.74 Å². The fourth-order valence-corrected chi connectivity index (χ4v) is 4.84. The van der Waals surface area contributed by atoms with Gasteiger partial charge in [-0.1, -0.05) is 44.7 Å². The van der Waals surface area contributed by atoms with Crippen molar-refractivity contribution in [2.75, 3.05) is 24.4 Å². The number of hydrogen-bond donors (Lipinski definition) is 0. The van der Waals surface area contributed by atoms with Gasteiger partial charge in [0.2, 0.25) is 0 Å². The van der Waals surface area contributed by atoms with E-state index < -0.39 is 0 Å². The van der Waals surface area contributed by atoms with Crippen molar-refractivity contribution in [2.24, 2.45) is 11.3 Å². The Morgan fingerprint density at radius 3 is 2.21 bits per heavy atom. The summed E-state index contributed by atoms with van der Waals surface area (Å²) in [5.41, 5.74) is 0.423. The lowest BCUT2D eigenvalue weighted by atomic mass is 9.75. The van der Waals surface area contributed by atoms with Crippen LogP contribution in [0.5, 0.6) is 0 Å². The van der Waals surface area contributed by atoms with Crippen LogP contribution in [0.15, 0.2) is 0 Å². The molecule has 1 saturated carbocycles. The number of alkyl halides is 2. The second-order valence-electron chi connectivity index (χ2n) is 4.35. The Labute approximate surface area is 104 Å². The van der Waals surface area contributed by atoms with Crippen molar-refractivity contribution in [3.63, 3.8) is 0 Å². The predicted octanol–water partition coefficient (Wildman–Crippen LogP) is 3.99. The number of rotatable bonds is 6. The van der Waals surface area contributed by atoms with E-state index in [0.29, 0.717) is 5.41 Å². The maximum absolute atomic E-state index is 5.22. The van der Waals surface area contributed by atoms with Crippen LogP contribution in [0.2, 0.25) is 0 Å². The summed E-state index contributed by atoms with van der Waals surface area (Å²) in [6.07, 6.45) is 6.81. The van der Waals surface area contributed by atoms with Crippen LogP contribution >= 0.6 is 31.9 Å². The zero-order chi connectivity index (χ0) is 10.4. The van der Waals surface area contributed by atoms with Gasteiger partial charge in [0.25, 0.3) is 0 Å². The van der Waals surface area contributed by atoms with Crippen LogP contribution in [0.3, 0.4) is 0 Å². The molecule has 0 unspecified atom stereocenters. The fourth-order valence-electron chi connectivity index (χ4n) is 2.44. The first-order valence-corrected chi connectivity index (χ1v) is 7.64. The highest BCUT2D eigenvalue weighted by Crippen LogP contribution is 2.44. The quantitative estimate of drug-likeness (QED) is 0.670. The molecule has 0 saturated heterocycles. The molecule has 0 atom stereocenters. The standard InChI is InChI=1S/C11H20Br2O/c1-14-7-6-11(8-12,9-13)10-4-2-3-5-10/h10H,2-9H2,1H3. The van der Waals surface area contributed by atoms with Crippen LogP contribution in [-0.2, 0) is 4.74 Å². The molecule has 84 valence electrons. The third kappa shape index (κ3) is 2.96. The smallest absolute Gasteiger partial charge is 0.0468 e. The van der Waals surface area contributed by atoms with E-state index in [0.717, 1.165) is 23.2 Å². The first-order valence-electron chi connectivity index (χ1n) is 5.40. The molecule has 1 aliphatic rings. The highest BCUT2D eigenvalue weighted by molar-refractivity contribution is 9.09. The summed E-state index contributed by atoms with van der Waals surface area (Å²) in [5.74, 6) is 0.886. The summed E-state index contributed by atoms with van der Waals surface area (Å²) >= 11 is 7.38. The Balaban J connectivity index is 2.57. The van der Waals surface area contributed by atoms with Gasteiger partial charge in [-0.3, -0.25) is 0 Å². The monoisotopic (exact) mass is 326 g/mol. The molecular formula is C11H20Br2O. The van der Waals surface area contributed by atoms with Gasteiger partial charge >= 0.3 is 0 Å². The molecule has 0 aromatic rings. The van der Waals surface area contributed by atoms with E-state index in [9.17, 15) is 0 Å². The Morgan fingerprint density at radius 1 is 1.21 bits per heavy atom. The van der Waals surface area contributed by atoms with Crippen molar-refractivity contribution in [3.8, 4) is 0 Å². The van der Waals surface area contributed by atoms with Crippen molar-refractivity contribution in [1.29, 1.82) is 0 Å². The lowest BCUT2D eigenvalue weighted by Crippen LogP contribution is -2.34. The molecule has 0 aromatic carbocycles. The highest BCUT2D eigenvalue weighted by atomic mass is 79.9. The molecular weight excluding hydrogens is 308 g/mol. The van der Waals surface area contributed by atoms with Gasteiger partial charge in [0.1, 0.15) is 0 Å². The minimum Gasteiger partial charge on any atom is -0.385 e. The Kier molecular flexibility index (Phi) is 6.02. The number of halogens is 2. The molecule has 0 aliphatic heterocycles. The van der Waals surface area contributed by atoms with Crippen LogP contribution in [0.25, 0.3) is 0 Å². The summed E-state index contributed by atoms with van der Waals surface area (Å²) in [5, 5.41) is 2.19. The van der Waals surface area contributed by atoms with Crippen molar-refractivity contribution in [3.05, 3.63) is 0 Å². The third-order valence-corrected chi connectivity index (χ3v) is 5.79. The van der Waals surface area contributed by atoms with Crippen molar-refractivity contribution >= 4 is 31.9 Å². The summed E-state index contributed by atoms with van der Waals surface area (Å²) < 4.78 is 5.22. The zero-order valence-corrected chi connectivity index (χ0v) is 12.1. The molecule has 0 radical (unpaired) electrons. The zero-order valence-electron chi connectivity index (χ0n) is 8.90. The summed E-state index contributed by atoms with van der Waals surface area (Å²) in [6, 6.07) is 0. The Morgan fingerprint density at radius 2 is 1.79 bits per heavy atom. The van der Waals surface area contributed by atoms with E-state index >= 15 is 0 Å². The Hall–Kier alpha value is 0.920. The molecule has 0 amide bonds. The first-order chi connectivity index (χ1) is 6.79. The molecule has 1 nitrogen and oxygen atoms in total. The van der Waals surface area contributed by atoms with E-state index in [1.807, 2.05) is 0 Å². The molecule has 3 heteroatoms. The van der Waals surface area contributed by atoms with Gasteiger partial charge in [-0.15, -0.1) is 0 Å². The average molecular weight is 328 g/mol. The van der Waals surface area contributed by atoms with Crippen molar-refractivity contribution in [2.45, 2.75) is 32.1 Å². The average Bonchev–Trinajstić information content (AvgIpc) is 2.74. The van der Waals surface area contributed by atoms with Gasteiger partial charge in [0, 0.05) is 24.4 Å². The lowest BCUT2D eigenvalue weighted by molar-refractivity contribution is 0.123. The number of methoxy groups -OCH3 is 1. The Bertz CT molecular complexity index is 151. The SMILES string of the molecule is COCCC(CBr)(CBr)C1CCCC1. The second kappa shape index (κ2) is 6.49. The van der Waals surface area contributed by atoms with E-state index in [2.05, 4.69) is 31.9 Å². The summed E-state index contributed by atoms with van der Waals surface area (Å²) in [6.45, 7) is 0.883. The molecule has 1 fully saturated rings. The number of ether oxygens (including phenoxy) is 1. The van der Waals surface area contributed by atoms with E-state index in [1.165, 1.54) is 32.1 Å². The van der Waals surface area contributed by atoms with Crippen LogP contribution in [0.4, 0.5) is 0 Å². The molecule has 14 heavy (non-hydrogen) atoms. The van der Waals surface area contributed by atoms with Gasteiger partial charge < -0.3 is 4.74 Å². The molecule has 0 aromatic heterocycles. The largest absolute Gasteiger partial charge is 0.385 e. The third-order valence-electron chi connectivity index (χ3n) is 3.56. The normalized spacial score (nSPS) is 19.1. The maximum atomic E-state index is 5.22. The van der Waals surface area contributed by atoms with E-state index in [1.54, 1.807) is 7.11 Å². The summed E-state index contributed by atoms with van der Waals surface area (Å²) in [7, 11) is 1.79. The van der Waals surface area contributed by atoms with Gasteiger partial charge in [-0.25, -0.2) is 0 Å². The van der Waals surface area contributed by atoms with Crippen molar-refractivity contribution in [1.82, 2.24) is 0 Å². The molecule has 0 bridgehead atoms. The van der Waals surface area contributed by atoms with Crippen LogP contribution in [0, 0.1) is 11.3 Å². The molecule has 1 aliphatic carbocycles. The molecule has 0 N–H and O–H groups in total. The minimum atomic E-state index is 0.423. The predicted molar refractivity (Wildman–Crippen MR) is 68.5 cm³/mol. The van der Waals surface area contributed by atoms with Crippen LogP contribution < -0.4 is 0 Å². The second-order valence-corrected chi connectivity index (χ2v) is 5.48.